The quantitative estimate of drug-likeness (QED) is 0.849. The van der Waals surface area contributed by atoms with Gasteiger partial charge in [-0.2, -0.15) is 0 Å². The maximum absolute atomic E-state index is 11.8. The van der Waals surface area contributed by atoms with Gasteiger partial charge < -0.3 is 19.8 Å². The zero-order chi connectivity index (χ0) is 16.2. The van der Waals surface area contributed by atoms with Crippen molar-refractivity contribution in [3.05, 3.63) is 40.2 Å². The van der Waals surface area contributed by atoms with E-state index in [2.05, 4.69) is 17.2 Å². The van der Waals surface area contributed by atoms with E-state index >= 15 is 0 Å². The van der Waals surface area contributed by atoms with Gasteiger partial charge in [0.25, 0.3) is 0 Å². The molecule has 0 fully saturated rings. The van der Waals surface area contributed by atoms with Crippen LogP contribution < -0.4 is 15.6 Å². The van der Waals surface area contributed by atoms with E-state index in [4.69, 9.17) is 9.47 Å². The topological polar surface area (TPSA) is 80.4 Å². The number of unbranched alkanes of at least 4 members (excludes halogenated alkanes) is 1. The molecule has 0 spiro atoms. The number of pyridine rings is 1. The molecule has 0 aliphatic carbocycles. The maximum atomic E-state index is 11.8. The molecule has 1 aliphatic rings. The van der Waals surface area contributed by atoms with Crippen molar-refractivity contribution in [2.24, 2.45) is 0 Å². The number of hydrogen-bond donors (Lipinski definition) is 2. The number of aromatic nitrogens is 1. The zero-order valence-electron chi connectivity index (χ0n) is 13.1. The van der Waals surface area contributed by atoms with Crippen LogP contribution in [0.25, 0.3) is 10.9 Å². The predicted molar refractivity (Wildman–Crippen MR) is 86.9 cm³/mol. The van der Waals surface area contributed by atoms with E-state index < -0.39 is 6.09 Å². The van der Waals surface area contributed by atoms with Gasteiger partial charge in [0.15, 0.2) is 0 Å². The highest BCUT2D eigenvalue weighted by Crippen LogP contribution is 2.31. The molecule has 2 N–H and O–H groups in total. The number of hydrogen-bond acceptors (Lipinski definition) is 4. The second kappa shape index (κ2) is 6.73. The second-order valence-corrected chi connectivity index (χ2v) is 5.65. The summed E-state index contributed by atoms with van der Waals surface area (Å²) in [6, 6.07) is 6.93. The van der Waals surface area contributed by atoms with Gasteiger partial charge in [0.05, 0.1) is 0 Å². The predicted octanol–water partition coefficient (Wildman–Crippen LogP) is 2.36. The van der Waals surface area contributed by atoms with Gasteiger partial charge in [-0.15, -0.1) is 0 Å². The van der Waals surface area contributed by atoms with E-state index in [1.807, 2.05) is 12.1 Å². The van der Waals surface area contributed by atoms with Crippen LogP contribution in [0.5, 0.6) is 5.75 Å². The van der Waals surface area contributed by atoms with Crippen molar-refractivity contribution in [1.82, 2.24) is 10.3 Å². The number of carbonyl (C=O) groups excluding carboxylic acids is 1. The van der Waals surface area contributed by atoms with Crippen molar-refractivity contribution >= 4 is 17.0 Å². The Morgan fingerprint density at radius 3 is 3.09 bits per heavy atom. The molecule has 3 rings (SSSR count). The number of fused-ring (bicyclic) bond motifs is 3. The van der Waals surface area contributed by atoms with Crippen LogP contribution in [0.1, 0.15) is 25.3 Å². The van der Waals surface area contributed by atoms with Crippen molar-refractivity contribution in [2.75, 3.05) is 13.2 Å². The van der Waals surface area contributed by atoms with Gasteiger partial charge in [-0.1, -0.05) is 13.3 Å². The van der Waals surface area contributed by atoms with Crippen LogP contribution in [0.15, 0.2) is 29.1 Å². The van der Waals surface area contributed by atoms with Gasteiger partial charge in [0, 0.05) is 35.5 Å². The summed E-state index contributed by atoms with van der Waals surface area (Å²) in [5.41, 5.74) is 1.57. The molecule has 6 nitrogen and oxygen atoms in total. The number of nitrogens with one attached hydrogen (secondary N) is 2. The molecule has 23 heavy (non-hydrogen) atoms. The minimum absolute atomic E-state index is 0.141. The highest BCUT2D eigenvalue weighted by atomic mass is 16.6. The smallest absolute Gasteiger partial charge is 0.407 e. The van der Waals surface area contributed by atoms with Crippen LogP contribution in [0.4, 0.5) is 4.79 Å². The summed E-state index contributed by atoms with van der Waals surface area (Å²) >= 11 is 0. The summed E-state index contributed by atoms with van der Waals surface area (Å²) < 4.78 is 11.1. The molecule has 1 aromatic carbocycles. The molecule has 1 amide bonds. The third-order valence-corrected chi connectivity index (χ3v) is 3.90. The molecule has 2 aromatic rings. The van der Waals surface area contributed by atoms with Gasteiger partial charge in [-0.25, -0.2) is 4.79 Å². The second-order valence-electron chi connectivity index (χ2n) is 5.65. The summed E-state index contributed by atoms with van der Waals surface area (Å²) in [6.45, 7) is 3.01. The van der Waals surface area contributed by atoms with E-state index in [1.54, 1.807) is 6.07 Å². The first-order valence-electron chi connectivity index (χ1n) is 7.89. The van der Waals surface area contributed by atoms with E-state index in [9.17, 15) is 9.59 Å². The van der Waals surface area contributed by atoms with Gasteiger partial charge in [-0.3, -0.25) is 4.79 Å². The Kier molecular flexibility index (Phi) is 4.50. The number of amides is 1. The van der Waals surface area contributed by atoms with E-state index in [0.717, 1.165) is 35.1 Å². The average molecular weight is 316 g/mol. The number of carbonyl (C=O) groups is 1. The van der Waals surface area contributed by atoms with Crippen LogP contribution in [-0.4, -0.2) is 30.3 Å². The van der Waals surface area contributed by atoms with E-state index in [1.165, 1.54) is 6.07 Å². The Bertz CT molecular complexity index is 769. The Hall–Kier alpha value is -2.50. The molecule has 1 atom stereocenters. The minimum atomic E-state index is -0.413. The monoisotopic (exact) mass is 316 g/mol. The highest BCUT2D eigenvalue weighted by Gasteiger charge is 2.24. The first kappa shape index (κ1) is 15.4. The number of rotatable bonds is 4. The summed E-state index contributed by atoms with van der Waals surface area (Å²) in [4.78, 5) is 26.0. The number of benzene rings is 1. The van der Waals surface area contributed by atoms with Crippen molar-refractivity contribution < 1.29 is 14.3 Å². The fraction of sp³-hybridized carbons (Fsp3) is 0.412. The molecular weight excluding hydrogens is 296 g/mol. The number of ether oxygens (including phenoxy) is 2. The molecule has 0 saturated heterocycles. The van der Waals surface area contributed by atoms with E-state index in [-0.39, 0.29) is 11.7 Å². The Morgan fingerprint density at radius 1 is 1.39 bits per heavy atom. The summed E-state index contributed by atoms with van der Waals surface area (Å²) in [7, 11) is 0. The molecule has 0 saturated carbocycles. The van der Waals surface area contributed by atoms with Crippen molar-refractivity contribution in [3.8, 4) is 5.75 Å². The molecule has 6 heteroatoms. The fourth-order valence-electron chi connectivity index (χ4n) is 2.73. The first-order chi connectivity index (χ1) is 11.2. The molecule has 1 aliphatic heterocycles. The Labute approximate surface area is 133 Å². The maximum Gasteiger partial charge on any atom is 0.407 e. The van der Waals surface area contributed by atoms with Crippen molar-refractivity contribution in [1.29, 1.82) is 0 Å². The zero-order valence-corrected chi connectivity index (χ0v) is 13.1. The van der Waals surface area contributed by atoms with Crippen molar-refractivity contribution in [2.45, 2.75) is 32.3 Å². The lowest BCUT2D eigenvalue weighted by molar-refractivity contribution is 0.0561. The van der Waals surface area contributed by atoms with E-state index in [0.29, 0.717) is 19.6 Å². The Morgan fingerprint density at radius 2 is 2.26 bits per heavy atom. The Balaban J connectivity index is 1.74. The lowest BCUT2D eigenvalue weighted by Crippen LogP contribution is -2.36. The molecule has 1 aromatic heterocycles. The van der Waals surface area contributed by atoms with Gasteiger partial charge in [0.2, 0.25) is 5.56 Å². The molecule has 122 valence electrons. The third-order valence-electron chi connectivity index (χ3n) is 3.90. The summed E-state index contributed by atoms with van der Waals surface area (Å²) in [5, 5.41) is 3.65. The fourth-order valence-corrected chi connectivity index (χ4v) is 2.73. The van der Waals surface area contributed by atoms with Crippen LogP contribution in [-0.2, 0) is 11.2 Å². The highest BCUT2D eigenvalue weighted by molar-refractivity contribution is 5.84. The van der Waals surface area contributed by atoms with Crippen LogP contribution in [0, 0.1) is 0 Å². The van der Waals surface area contributed by atoms with Crippen molar-refractivity contribution in [3.63, 3.8) is 0 Å². The van der Waals surface area contributed by atoms with Crippen LogP contribution in [0.2, 0.25) is 0 Å². The number of alkyl carbamates (subject to hydrolysis) is 1. The molecule has 2 heterocycles. The summed E-state index contributed by atoms with van der Waals surface area (Å²) in [6.07, 6.45) is 1.77. The first-order valence-corrected chi connectivity index (χ1v) is 7.89. The molecular formula is C17H20N2O4. The minimum Gasteiger partial charge on any atom is -0.489 e. The summed E-state index contributed by atoms with van der Waals surface area (Å²) in [5.74, 6) is 0.774. The lowest BCUT2D eigenvalue weighted by atomic mass is 9.99. The van der Waals surface area contributed by atoms with Gasteiger partial charge in [0.1, 0.15) is 18.5 Å². The number of aromatic amines is 1. The number of H-pyrrole nitrogens is 1. The lowest BCUT2D eigenvalue weighted by Gasteiger charge is -2.26. The van der Waals surface area contributed by atoms with Gasteiger partial charge in [-0.05, 0) is 24.6 Å². The molecule has 0 radical (unpaired) electrons. The largest absolute Gasteiger partial charge is 0.489 e. The third kappa shape index (κ3) is 3.47. The van der Waals surface area contributed by atoms with Gasteiger partial charge >= 0.3 is 6.09 Å². The standard InChI is InChI=1S/C17H20N2O4/c1-2-3-8-18-17(21)23-11-9-13-12-4-7-16(20)19-14(12)5-6-15(13)22-10-11/h4-7,11H,2-3,8-10H2,1H3,(H,18,21)(H,19,20). The molecule has 0 bridgehead atoms. The average Bonchev–Trinajstić information content (AvgIpc) is 2.54. The normalized spacial score (nSPS) is 16.5. The SMILES string of the molecule is CCCCNC(=O)OC1COc2ccc3[nH]c(=O)ccc3c2C1. The van der Waals surface area contributed by atoms with Crippen LogP contribution in [0.3, 0.4) is 0 Å². The molecule has 1 unspecified atom stereocenters. The van der Waals surface area contributed by atoms with Crippen LogP contribution >= 0.6 is 0 Å².